The molecule has 5 atom stereocenters. The van der Waals surface area contributed by atoms with E-state index in [-0.39, 0.29) is 36.3 Å². The number of amides is 1. The highest BCUT2D eigenvalue weighted by Gasteiger charge is 2.61. The average molecular weight is 547 g/mol. The second kappa shape index (κ2) is 9.39. The fourth-order valence-electron chi connectivity index (χ4n) is 5.23. The Hall–Kier alpha value is -3.43. The van der Waals surface area contributed by atoms with Crippen LogP contribution in [0.1, 0.15) is 24.5 Å². The molecule has 0 bridgehead atoms. The maximum atomic E-state index is 13.2. The first-order valence-electron chi connectivity index (χ1n) is 11.8. The highest BCUT2D eigenvalue weighted by Crippen LogP contribution is 2.50. The molecule has 1 unspecified atom stereocenters. The molecule has 38 heavy (non-hydrogen) atoms. The zero-order valence-electron chi connectivity index (χ0n) is 19.9. The SMILES string of the molecule is C[C@@H](CO[C@@H]1CCN(C2[C@H]3CN(c4ncc(C(F)(F)F)cn4)C[C@@H]23)C1=O)Nc1cn[nH]c(=O)c1C(F)(F)F. The van der Waals surface area contributed by atoms with Crippen LogP contribution in [0.3, 0.4) is 0 Å². The number of piperidine rings is 1. The summed E-state index contributed by atoms with van der Waals surface area (Å²) in [4.78, 5) is 35.7. The highest BCUT2D eigenvalue weighted by molar-refractivity contribution is 5.84. The number of hydrogen-bond donors (Lipinski definition) is 2. The predicted molar refractivity (Wildman–Crippen MR) is 119 cm³/mol. The summed E-state index contributed by atoms with van der Waals surface area (Å²) in [5.74, 6) is 0.300. The number of aromatic amines is 1. The lowest BCUT2D eigenvalue weighted by atomic mass is 10.2. The van der Waals surface area contributed by atoms with Gasteiger partial charge >= 0.3 is 12.4 Å². The van der Waals surface area contributed by atoms with E-state index in [0.717, 1.165) is 18.6 Å². The van der Waals surface area contributed by atoms with Gasteiger partial charge in [-0.2, -0.15) is 31.4 Å². The Balaban J connectivity index is 1.11. The lowest BCUT2D eigenvalue weighted by Crippen LogP contribution is -2.39. The number of fused-ring (bicyclic) bond motifs is 1. The Morgan fingerprint density at radius 2 is 1.74 bits per heavy atom. The molecule has 0 aromatic carbocycles. The molecule has 5 rings (SSSR count). The largest absolute Gasteiger partial charge is 0.423 e. The zero-order valence-corrected chi connectivity index (χ0v) is 19.9. The van der Waals surface area contributed by atoms with Crippen molar-refractivity contribution in [2.75, 3.05) is 36.5 Å². The van der Waals surface area contributed by atoms with Crippen LogP contribution in [0, 0.1) is 11.8 Å². The van der Waals surface area contributed by atoms with E-state index < -0.39 is 46.9 Å². The fraction of sp³-hybridized carbons (Fsp3) is 0.591. The lowest BCUT2D eigenvalue weighted by Gasteiger charge is -2.24. The molecule has 2 N–H and O–H groups in total. The molecule has 4 heterocycles. The minimum absolute atomic E-state index is 0.00573. The number of halogens is 6. The molecule has 3 aliphatic rings. The van der Waals surface area contributed by atoms with Gasteiger partial charge in [0.25, 0.3) is 11.5 Å². The molecule has 2 aliphatic heterocycles. The molecule has 0 spiro atoms. The van der Waals surface area contributed by atoms with Crippen LogP contribution in [0.2, 0.25) is 0 Å². The summed E-state index contributed by atoms with van der Waals surface area (Å²) in [6.45, 7) is 2.98. The van der Waals surface area contributed by atoms with Gasteiger partial charge in [-0.3, -0.25) is 9.59 Å². The maximum Gasteiger partial charge on any atom is 0.423 e. The molecule has 3 fully saturated rings. The summed E-state index contributed by atoms with van der Waals surface area (Å²) in [7, 11) is 0. The van der Waals surface area contributed by atoms with Crippen molar-refractivity contribution < 1.29 is 35.9 Å². The fourth-order valence-corrected chi connectivity index (χ4v) is 5.23. The second-order valence-electron chi connectivity index (χ2n) is 9.67. The Morgan fingerprint density at radius 1 is 1.08 bits per heavy atom. The van der Waals surface area contributed by atoms with Crippen LogP contribution >= 0.6 is 0 Å². The van der Waals surface area contributed by atoms with Crippen molar-refractivity contribution in [2.45, 2.75) is 43.9 Å². The molecule has 1 aliphatic carbocycles. The molecule has 206 valence electrons. The molecule has 0 radical (unpaired) electrons. The smallest absolute Gasteiger partial charge is 0.378 e. The standard InChI is InChI=1S/C22H23F6N7O3/c1-10(32-14-6-31-33-18(36)16(14)22(26,27)28)9-38-15-2-3-35(19(15)37)17-12-7-34(8-13(12)17)20-29-4-11(5-30-20)21(23,24)25/h4-6,10,12-13,15,17H,2-3,7-9H2,1H3,(H2,32,33,36)/t10-,12-,13+,15+,17?/m0/s1. The third-order valence-corrected chi connectivity index (χ3v) is 7.04. The molecule has 2 saturated heterocycles. The van der Waals surface area contributed by atoms with Gasteiger partial charge in [0, 0.05) is 62.4 Å². The van der Waals surface area contributed by atoms with Crippen molar-refractivity contribution in [3.8, 4) is 0 Å². The van der Waals surface area contributed by atoms with Crippen molar-refractivity contribution in [3.05, 3.63) is 40.1 Å². The van der Waals surface area contributed by atoms with Crippen molar-refractivity contribution in [3.63, 3.8) is 0 Å². The molecular formula is C22H23F6N7O3. The third-order valence-electron chi connectivity index (χ3n) is 7.04. The van der Waals surface area contributed by atoms with E-state index in [0.29, 0.717) is 26.1 Å². The van der Waals surface area contributed by atoms with E-state index in [2.05, 4.69) is 20.4 Å². The van der Waals surface area contributed by atoms with Crippen LogP contribution in [0.15, 0.2) is 23.4 Å². The topological polar surface area (TPSA) is 116 Å². The molecule has 2 aromatic rings. The maximum absolute atomic E-state index is 13.2. The summed E-state index contributed by atoms with van der Waals surface area (Å²) in [6.07, 6.45) is -7.33. The summed E-state index contributed by atoms with van der Waals surface area (Å²) in [6, 6.07) is -0.659. The Labute approximate surface area is 211 Å². The summed E-state index contributed by atoms with van der Waals surface area (Å²) >= 11 is 0. The number of hydrogen-bond acceptors (Lipinski definition) is 8. The second-order valence-corrected chi connectivity index (χ2v) is 9.67. The monoisotopic (exact) mass is 547 g/mol. The number of nitrogens with zero attached hydrogens (tertiary/aromatic N) is 5. The van der Waals surface area contributed by atoms with Crippen LogP contribution in [-0.4, -0.2) is 75.4 Å². The zero-order chi connectivity index (χ0) is 27.4. The highest BCUT2D eigenvalue weighted by atomic mass is 19.4. The van der Waals surface area contributed by atoms with Gasteiger partial charge in [-0.15, -0.1) is 0 Å². The number of nitrogens with one attached hydrogen (secondary N) is 2. The number of carbonyl (C=O) groups excluding carboxylic acids is 1. The predicted octanol–water partition coefficient (Wildman–Crippen LogP) is 2.15. The van der Waals surface area contributed by atoms with Crippen LogP contribution in [-0.2, 0) is 21.9 Å². The van der Waals surface area contributed by atoms with Gasteiger partial charge < -0.3 is 19.9 Å². The van der Waals surface area contributed by atoms with Gasteiger partial charge in [-0.1, -0.05) is 0 Å². The van der Waals surface area contributed by atoms with E-state index in [4.69, 9.17) is 4.74 Å². The number of likely N-dealkylation sites (tertiary alicyclic amines) is 1. The van der Waals surface area contributed by atoms with E-state index in [1.807, 2.05) is 0 Å². The van der Waals surface area contributed by atoms with Gasteiger partial charge in [0.05, 0.1) is 24.1 Å². The van der Waals surface area contributed by atoms with Crippen LogP contribution in [0.4, 0.5) is 38.0 Å². The summed E-state index contributed by atoms with van der Waals surface area (Å²) in [5, 5.41) is 7.74. The summed E-state index contributed by atoms with van der Waals surface area (Å²) in [5.41, 5.74) is -4.16. The van der Waals surface area contributed by atoms with Gasteiger partial charge in [-0.05, 0) is 6.92 Å². The third kappa shape index (κ3) is 5.00. The molecular weight excluding hydrogens is 524 g/mol. The number of H-pyrrole nitrogens is 1. The summed E-state index contributed by atoms with van der Waals surface area (Å²) < 4.78 is 83.6. The van der Waals surface area contributed by atoms with Crippen LogP contribution < -0.4 is 15.8 Å². The Bertz CT molecular complexity index is 1240. The van der Waals surface area contributed by atoms with E-state index in [1.54, 1.807) is 21.8 Å². The lowest BCUT2D eigenvalue weighted by molar-refractivity contribution is -0.139. The van der Waals surface area contributed by atoms with E-state index in [9.17, 15) is 35.9 Å². The Kier molecular flexibility index (Phi) is 6.47. The van der Waals surface area contributed by atoms with Crippen LogP contribution in [0.5, 0.6) is 0 Å². The number of carbonyl (C=O) groups is 1. The number of rotatable bonds is 7. The first-order chi connectivity index (χ1) is 17.8. The van der Waals surface area contributed by atoms with Crippen molar-refractivity contribution in [2.24, 2.45) is 11.8 Å². The van der Waals surface area contributed by atoms with Gasteiger partial charge in [-0.25, -0.2) is 15.1 Å². The van der Waals surface area contributed by atoms with Gasteiger partial charge in [0.1, 0.15) is 11.7 Å². The molecule has 2 aromatic heterocycles. The normalized spacial score (nSPS) is 26.0. The molecule has 1 amide bonds. The minimum Gasteiger partial charge on any atom is -0.378 e. The van der Waals surface area contributed by atoms with Crippen LogP contribution in [0.25, 0.3) is 0 Å². The number of aromatic nitrogens is 4. The quantitative estimate of drug-likeness (QED) is 0.507. The Morgan fingerprint density at radius 3 is 2.34 bits per heavy atom. The van der Waals surface area contributed by atoms with Crippen molar-refractivity contribution in [1.29, 1.82) is 0 Å². The van der Waals surface area contributed by atoms with Crippen molar-refractivity contribution >= 4 is 17.5 Å². The van der Waals surface area contributed by atoms with E-state index >= 15 is 0 Å². The first kappa shape index (κ1) is 26.2. The van der Waals surface area contributed by atoms with Crippen molar-refractivity contribution in [1.82, 2.24) is 25.1 Å². The minimum atomic E-state index is -4.88. The molecule has 1 saturated carbocycles. The number of ether oxygens (including phenoxy) is 1. The van der Waals surface area contributed by atoms with Gasteiger partial charge in [0.2, 0.25) is 5.95 Å². The average Bonchev–Trinajstić information content (AvgIpc) is 3.13. The molecule has 16 heteroatoms. The number of alkyl halides is 6. The first-order valence-corrected chi connectivity index (χ1v) is 11.8. The number of anilines is 2. The van der Waals surface area contributed by atoms with Gasteiger partial charge in [0.15, 0.2) is 0 Å². The molecule has 10 nitrogen and oxygen atoms in total. The van der Waals surface area contributed by atoms with E-state index in [1.165, 1.54) is 0 Å².